The molecule has 1 saturated heterocycles. The van der Waals surface area contributed by atoms with Gasteiger partial charge in [0.2, 0.25) is 5.91 Å². The molecule has 0 bridgehead atoms. The number of hydrogen-bond acceptors (Lipinski definition) is 3. The van der Waals surface area contributed by atoms with Crippen molar-refractivity contribution in [2.45, 2.75) is 59.5 Å². The van der Waals surface area contributed by atoms with Crippen molar-refractivity contribution in [3.63, 3.8) is 0 Å². The summed E-state index contributed by atoms with van der Waals surface area (Å²) in [5, 5.41) is 2.83. The van der Waals surface area contributed by atoms with Gasteiger partial charge in [-0.3, -0.25) is 4.79 Å². The first-order valence-corrected chi connectivity index (χ1v) is 7.97. The second-order valence-electron chi connectivity index (χ2n) is 7.00. The molecule has 2 amide bonds. The first-order chi connectivity index (χ1) is 9.73. The van der Waals surface area contributed by atoms with Crippen LogP contribution >= 0.6 is 0 Å². The zero-order chi connectivity index (χ0) is 16.0. The van der Waals surface area contributed by atoms with Crippen LogP contribution in [0.15, 0.2) is 0 Å². The molecule has 1 fully saturated rings. The van der Waals surface area contributed by atoms with Crippen molar-refractivity contribution in [1.29, 1.82) is 0 Å². The van der Waals surface area contributed by atoms with Crippen molar-refractivity contribution in [3.05, 3.63) is 0 Å². The molecule has 2 atom stereocenters. The highest BCUT2D eigenvalue weighted by Gasteiger charge is 2.29. The molecule has 0 aromatic heterocycles. The fraction of sp³-hybridized carbons (Fsp3) is 0.875. The second kappa shape index (κ2) is 7.66. The number of alkyl carbamates (subject to hydrolysis) is 1. The van der Waals surface area contributed by atoms with Crippen LogP contribution in [-0.2, 0) is 9.53 Å². The highest BCUT2D eigenvalue weighted by atomic mass is 16.6. The number of likely N-dealkylation sites (tertiary alicyclic amines) is 1. The predicted octanol–water partition coefficient (Wildman–Crippen LogP) is 2.80. The van der Waals surface area contributed by atoms with Crippen LogP contribution in [0, 0.1) is 11.8 Å². The molecule has 1 rings (SSSR count). The lowest BCUT2D eigenvalue weighted by molar-refractivity contribution is -0.133. The highest BCUT2D eigenvalue weighted by Crippen LogP contribution is 2.23. The number of piperidine rings is 1. The maximum absolute atomic E-state index is 12.0. The molecule has 1 aliphatic rings. The van der Waals surface area contributed by atoms with Gasteiger partial charge in [0.1, 0.15) is 5.60 Å². The number of rotatable bonds is 4. The largest absolute Gasteiger partial charge is 0.444 e. The van der Waals surface area contributed by atoms with Crippen LogP contribution in [0.3, 0.4) is 0 Å². The monoisotopic (exact) mass is 298 g/mol. The summed E-state index contributed by atoms with van der Waals surface area (Å²) in [4.78, 5) is 25.6. The summed E-state index contributed by atoms with van der Waals surface area (Å²) in [7, 11) is 0. The summed E-state index contributed by atoms with van der Waals surface area (Å²) in [6.07, 6.45) is 2.11. The number of ether oxygens (including phenoxy) is 1. The fourth-order valence-corrected chi connectivity index (χ4v) is 2.54. The molecule has 0 aliphatic carbocycles. The molecular formula is C16H30N2O3. The van der Waals surface area contributed by atoms with Gasteiger partial charge in [-0.2, -0.15) is 0 Å². The van der Waals surface area contributed by atoms with E-state index in [0.717, 1.165) is 25.9 Å². The molecule has 1 aliphatic heterocycles. The molecule has 21 heavy (non-hydrogen) atoms. The summed E-state index contributed by atoms with van der Waals surface area (Å²) >= 11 is 0. The maximum atomic E-state index is 12.0. The Labute approximate surface area is 128 Å². The van der Waals surface area contributed by atoms with Gasteiger partial charge < -0.3 is 15.0 Å². The van der Waals surface area contributed by atoms with Gasteiger partial charge in [0.05, 0.1) is 0 Å². The molecule has 1 heterocycles. The smallest absolute Gasteiger partial charge is 0.407 e. The van der Waals surface area contributed by atoms with Crippen molar-refractivity contribution < 1.29 is 14.3 Å². The normalized spacial score (nSPS) is 22.8. The van der Waals surface area contributed by atoms with Gasteiger partial charge in [-0.05, 0) is 45.4 Å². The van der Waals surface area contributed by atoms with Crippen LogP contribution in [0.5, 0.6) is 0 Å². The third-order valence-corrected chi connectivity index (χ3v) is 3.84. The summed E-state index contributed by atoms with van der Waals surface area (Å²) in [5.41, 5.74) is -0.481. The predicted molar refractivity (Wildman–Crippen MR) is 83.0 cm³/mol. The minimum atomic E-state index is -0.481. The van der Waals surface area contributed by atoms with E-state index in [1.165, 1.54) is 0 Å². The van der Waals surface area contributed by atoms with Gasteiger partial charge in [-0.1, -0.05) is 13.8 Å². The molecule has 0 radical (unpaired) electrons. The van der Waals surface area contributed by atoms with Crippen LogP contribution in [-0.4, -0.2) is 42.1 Å². The van der Waals surface area contributed by atoms with Crippen molar-refractivity contribution in [2.24, 2.45) is 11.8 Å². The Morgan fingerprint density at radius 1 is 1.33 bits per heavy atom. The molecule has 5 nitrogen and oxygen atoms in total. The summed E-state index contributed by atoms with van der Waals surface area (Å²) in [5.74, 6) is 1.03. The van der Waals surface area contributed by atoms with E-state index < -0.39 is 5.60 Å². The van der Waals surface area contributed by atoms with Crippen LogP contribution in [0.4, 0.5) is 4.79 Å². The zero-order valence-electron chi connectivity index (χ0n) is 14.1. The van der Waals surface area contributed by atoms with E-state index >= 15 is 0 Å². The lowest BCUT2D eigenvalue weighted by Gasteiger charge is -2.37. The van der Waals surface area contributed by atoms with Gasteiger partial charge in [0.15, 0.2) is 0 Å². The van der Waals surface area contributed by atoms with Crippen LogP contribution in [0.25, 0.3) is 0 Å². The lowest BCUT2D eigenvalue weighted by Crippen LogP contribution is -2.47. The van der Waals surface area contributed by atoms with Crippen LogP contribution in [0.1, 0.15) is 53.9 Å². The number of nitrogens with zero attached hydrogens (tertiary/aromatic N) is 1. The van der Waals surface area contributed by atoms with Gasteiger partial charge in [-0.25, -0.2) is 4.79 Å². The van der Waals surface area contributed by atoms with Gasteiger partial charge in [0.25, 0.3) is 0 Å². The molecule has 0 unspecified atom stereocenters. The summed E-state index contributed by atoms with van der Waals surface area (Å²) in [6, 6.07) is 0. The fourth-order valence-electron chi connectivity index (χ4n) is 2.54. The molecule has 5 heteroatoms. The number of carbonyl (C=O) groups is 2. The molecular weight excluding hydrogens is 268 g/mol. The molecule has 0 spiro atoms. The Morgan fingerprint density at radius 3 is 2.57 bits per heavy atom. The Morgan fingerprint density at radius 2 is 2.00 bits per heavy atom. The molecule has 0 saturated carbocycles. The third kappa shape index (κ3) is 6.36. The first-order valence-electron chi connectivity index (χ1n) is 7.97. The van der Waals surface area contributed by atoms with Gasteiger partial charge in [0, 0.05) is 26.1 Å². The van der Waals surface area contributed by atoms with Crippen molar-refractivity contribution >= 4 is 12.0 Å². The molecule has 0 aromatic rings. The van der Waals surface area contributed by atoms with E-state index in [1.54, 1.807) is 0 Å². The summed E-state index contributed by atoms with van der Waals surface area (Å²) < 4.78 is 5.25. The Balaban J connectivity index is 2.45. The van der Waals surface area contributed by atoms with Gasteiger partial charge in [-0.15, -0.1) is 0 Å². The Kier molecular flexibility index (Phi) is 6.49. The standard InChI is InChI=1S/C16H30N2O3/c1-6-7-14(19)18-9-8-12(2)13(11-18)10-17-15(20)21-16(3,4)5/h12-13H,6-11H2,1-5H3,(H,17,20)/t12-,13-/m0/s1. The average molecular weight is 298 g/mol. The van der Waals surface area contributed by atoms with Crippen LogP contribution < -0.4 is 5.32 Å². The molecule has 1 N–H and O–H groups in total. The molecule has 0 aromatic carbocycles. The first kappa shape index (κ1) is 17.8. The number of amides is 2. The van der Waals surface area contributed by atoms with E-state index in [-0.39, 0.29) is 12.0 Å². The SMILES string of the molecule is CCCC(=O)N1CC[C@H](C)[C@@H](CNC(=O)OC(C)(C)C)C1. The quantitative estimate of drug-likeness (QED) is 0.868. The van der Waals surface area contributed by atoms with Crippen molar-refractivity contribution in [3.8, 4) is 0 Å². The zero-order valence-corrected chi connectivity index (χ0v) is 14.1. The van der Waals surface area contributed by atoms with E-state index in [4.69, 9.17) is 4.74 Å². The minimum absolute atomic E-state index is 0.228. The summed E-state index contributed by atoms with van der Waals surface area (Å²) in [6.45, 7) is 11.9. The van der Waals surface area contributed by atoms with Crippen molar-refractivity contribution in [1.82, 2.24) is 10.2 Å². The Bertz CT molecular complexity index is 363. The maximum Gasteiger partial charge on any atom is 0.407 e. The third-order valence-electron chi connectivity index (χ3n) is 3.84. The van der Waals surface area contributed by atoms with Crippen LogP contribution in [0.2, 0.25) is 0 Å². The van der Waals surface area contributed by atoms with E-state index in [1.807, 2.05) is 32.6 Å². The number of hydrogen-bond donors (Lipinski definition) is 1. The number of nitrogens with one attached hydrogen (secondary N) is 1. The average Bonchev–Trinajstić information content (AvgIpc) is 2.36. The number of carbonyl (C=O) groups excluding carboxylic acids is 2. The second-order valence-corrected chi connectivity index (χ2v) is 7.00. The van der Waals surface area contributed by atoms with Gasteiger partial charge >= 0.3 is 6.09 Å². The van der Waals surface area contributed by atoms with E-state index in [9.17, 15) is 9.59 Å². The topological polar surface area (TPSA) is 58.6 Å². The molecule has 122 valence electrons. The Hall–Kier alpha value is -1.26. The minimum Gasteiger partial charge on any atom is -0.444 e. The van der Waals surface area contributed by atoms with Crippen molar-refractivity contribution in [2.75, 3.05) is 19.6 Å². The highest BCUT2D eigenvalue weighted by molar-refractivity contribution is 5.76. The lowest BCUT2D eigenvalue weighted by atomic mass is 9.87. The van der Waals surface area contributed by atoms with E-state index in [2.05, 4.69) is 12.2 Å². The van der Waals surface area contributed by atoms with E-state index in [0.29, 0.717) is 24.8 Å².